The standard InChI is InChI=1S/C18H19BrN2O2/c19-15-2-4-16(5-3-15)21-18(22)7-9-20-12-13-1-6-17-14(11-13)8-10-23-17/h1-6,11,20H,7-10,12H2,(H,21,22). The molecule has 0 saturated carbocycles. The van der Waals surface area contributed by atoms with Crippen molar-refractivity contribution in [2.24, 2.45) is 0 Å². The number of rotatable bonds is 6. The number of hydrogen-bond acceptors (Lipinski definition) is 3. The molecule has 120 valence electrons. The molecular weight excluding hydrogens is 356 g/mol. The lowest BCUT2D eigenvalue weighted by molar-refractivity contribution is -0.116. The summed E-state index contributed by atoms with van der Waals surface area (Å²) in [5.41, 5.74) is 3.32. The predicted octanol–water partition coefficient (Wildman–Crippen LogP) is 3.50. The molecule has 2 N–H and O–H groups in total. The van der Waals surface area contributed by atoms with Crippen LogP contribution in [-0.2, 0) is 17.8 Å². The highest BCUT2D eigenvalue weighted by Gasteiger charge is 2.11. The van der Waals surface area contributed by atoms with Crippen molar-refractivity contribution in [3.05, 3.63) is 58.1 Å². The number of amides is 1. The number of benzene rings is 2. The molecule has 0 fully saturated rings. The number of ether oxygens (including phenoxy) is 1. The van der Waals surface area contributed by atoms with Crippen LogP contribution in [0.1, 0.15) is 17.5 Å². The third-order valence-electron chi connectivity index (χ3n) is 3.74. The van der Waals surface area contributed by atoms with Crippen LogP contribution >= 0.6 is 15.9 Å². The third-order valence-corrected chi connectivity index (χ3v) is 4.27. The number of anilines is 1. The molecule has 0 aromatic heterocycles. The summed E-state index contributed by atoms with van der Waals surface area (Å²) in [5, 5.41) is 6.19. The number of halogens is 1. The summed E-state index contributed by atoms with van der Waals surface area (Å²) in [7, 11) is 0. The van der Waals surface area contributed by atoms with E-state index in [-0.39, 0.29) is 5.91 Å². The van der Waals surface area contributed by atoms with Crippen LogP contribution in [0.4, 0.5) is 5.69 Å². The minimum absolute atomic E-state index is 0.0159. The Balaban J connectivity index is 1.39. The average Bonchev–Trinajstić information content (AvgIpc) is 3.01. The van der Waals surface area contributed by atoms with E-state index in [0.29, 0.717) is 13.0 Å². The molecule has 5 heteroatoms. The van der Waals surface area contributed by atoms with E-state index >= 15 is 0 Å². The van der Waals surface area contributed by atoms with E-state index in [1.807, 2.05) is 30.3 Å². The molecule has 2 aromatic rings. The highest BCUT2D eigenvalue weighted by Crippen LogP contribution is 2.25. The minimum Gasteiger partial charge on any atom is -0.493 e. The normalized spacial score (nSPS) is 12.6. The zero-order valence-electron chi connectivity index (χ0n) is 12.8. The van der Waals surface area contributed by atoms with Gasteiger partial charge in [-0.15, -0.1) is 0 Å². The Morgan fingerprint density at radius 2 is 2.00 bits per heavy atom. The minimum atomic E-state index is 0.0159. The van der Waals surface area contributed by atoms with Gasteiger partial charge in [0.05, 0.1) is 6.61 Å². The molecule has 1 amide bonds. The summed E-state index contributed by atoms with van der Waals surface area (Å²) in [5.74, 6) is 1.02. The van der Waals surface area contributed by atoms with Gasteiger partial charge in [-0.05, 0) is 41.5 Å². The Morgan fingerprint density at radius 3 is 2.83 bits per heavy atom. The number of carbonyl (C=O) groups is 1. The number of hydrogen-bond donors (Lipinski definition) is 2. The highest BCUT2D eigenvalue weighted by atomic mass is 79.9. The first kappa shape index (κ1) is 16.0. The summed E-state index contributed by atoms with van der Waals surface area (Å²) in [4.78, 5) is 11.9. The van der Waals surface area contributed by atoms with Crippen LogP contribution in [0.2, 0.25) is 0 Å². The van der Waals surface area contributed by atoms with Crippen LogP contribution in [0.15, 0.2) is 46.9 Å². The lowest BCUT2D eigenvalue weighted by Crippen LogP contribution is -2.21. The van der Waals surface area contributed by atoms with E-state index in [0.717, 1.165) is 35.5 Å². The molecule has 0 atom stereocenters. The lowest BCUT2D eigenvalue weighted by atomic mass is 10.1. The van der Waals surface area contributed by atoms with Crippen molar-refractivity contribution in [3.63, 3.8) is 0 Å². The van der Waals surface area contributed by atoms with Gasteiger partial charge in [0.25, 0.3) is 0 Å². The van der Waals surface area contributed by atoms with Gasteiger partial charge < -0.3 is 15.4 Å². The van der Waals surface area contributed by atoms with E-state index in [2.05, 4.69) is 38.7 Å². The van der Waals surface area contributed by atoms with Gasteiger partial charge >= 0.3 is 0 Å². The van der Waals surface area contributed by atoms with Crippen LogP contribution in [0.3, 0.4) is 0 Å². The predicted molar refractivity (Wildman–Crippen MR) is 94.7 cm³/mol. The third kappa shape index (κ3) is 4.56. The van der Waals surface area contributed by atoms with Crippen LogP contribution in [-0.4, -0.2) is 19.1 Å². The molecule has 3 rings (SSSR count). The van der Waals surface area contributed by atoms with Gasteiger partial charge in [-0.3, -0.25) is 4.79 Å². The fourth-order valence-corrected chi connectivity index (χ4v) is 2.81. The molecule has 1 heterocycles. The first-order valence-corrected chi connectivity index (χ1v) is 8.51. The molecule has 0 bridgehead atoms. The first-order valence-electron chi connectivity index (χ1n) is 7.71. The van der Waals surface area contributed by atoms with Crippen LogP contribution in [0, 0.1) is 0 Å². The Kier molecular flexibility index (Phi) is 5.31. The topological polar surface area (TPSA) is 50.4 Å². The van der Waals surface area contributed by atoms with Gasteiger partial charge in [-0.25, -0.2) is 0 Å². The van der Waals surface area contributed by atoms with E-state index in [1.165, 1.54) is 11.1 Å². The van der Waals surface area contributed by atoms with Crippen molar-refractivity contribution >= 4 is 27.5 Å². The molecular formula is C18H19BrN2O2. The molecule has 0 spiro atoms. The number of fused-ring (bicyclic) bond motifs is 1. The van der Waals surface area contributed by atoms with Gasteiger partial charge in [-0.2, -0.15) is 0 Å². The summed E-state index contributed by atoms with van der Waals surface area (Å²) in [6.45, 7) is 2.19. The number of carbonyl (C=O) groups excluding carboxylic acids is 1. The van der Waals surface area contributed by atoms with E-state index < -0.39 is 0 Å². The molecule has 1 aliphatic heterocycles. The quantitative estimate of drug-likeness (QED) is 0.760. The van der Waals surface area contributed by atoms with Gasteiger partial charge in [0, 0.05) is 36.1 Å². The SMILES string of the molecule is O=C(CCNCc1ccc2c(c1)CCO2)Nc1ccc(Br)cc1. The molecule has 1 aliphatic rings. The first-order chi connectivity index (χ1) is 11.2. The monoisotopic (exact) mass is 374 g/mol. The Hall–Kier alpha value is -1.85. The maximum absolute atomic E-state index is 11.9. The Bertz CT molecular complexity index is 686. The van der Waals surface area contributed by atoms with Gasteiger partial charge in [0.1, 0.15) is 5.75 Å². The van der Waals surface area contributed by atoms with Gasteiger partial charge in [0.2, 0.25) is 5.91 Å². The largest absolute Gasteiger partial charge is 0.493 e. The Morgan fingerprint density at radius 1 is 1.17 bits per heavy atom. The maximum atomic E-state index is 11.9. The van der Waals surface area contributed by atoms with Crippen molar-refractivity contribution < 1.29 is 9.53 Å². The summed E-state index contributed by atoms with van der Waals surface area (Å²) in [6.07, 6.45) is 1.43. The van der Waals surface area contributed by atoms with E-state index in [9.17, 15) is 4.79 Å². The second kappa shape index (κ2) is 7.62. The van der Waals surface area contributed by atoms with Gasteiger partial charge in [0.15, 0.2) is 0 Å². The van der Waals surface area contributed by atoms with Crippen molar-refractivity contribution in [1.82, 2.24) is 5.32 Å². The van der Waals surface area contributed by atoms with Crippen LogP contribution in [0.5, 0.6) is 5.75 Å². The molecule has 23 heavy (non-hydrogen) atoms. The molecule has 4 nitrogen and oxygen atoms in total. The smallest absolute Gasteiger partial charge is 0.225 e. The van der Waals surface area contributed by atoms with Crippen molar-refractivity contribution in [1.29, 1.82) is 0 Å². The van der Waals surface area contributed by atoms with Crippen LogP contribution in [0.25, 0.3) is 0 Å². The van der Waals surface area contributed by atoms with E-state index in [4.69, 9.17) is 4.74 Å². The van der Waals surface area contributed by atoms with Crippen molar-refractivity contribution in [2.45, 2.75) is 19.4 Å². The zero-order chi connectivity index (χ0) is 16.1. The summed E-state index contributed by atoms with van der Waals surface area (Å²) >= 11 is 3.37. The maximum Gasteiger partial charge on any atom is 0.225 e. The Labute approximate surface area is 144 Å². The second-order valence-corrected chi connectivity index (χ2v) is 6.44. The van der Waals surface area contributed by atoms with E-state index in [1.54, 1.807) is 0 Å². The van der Waals surface area contributed by atoms with Crippen molar-refractivity contribution in [2.75, 3.05) is 18.5 Å². The zero-order valence-corrected chi connectivity index (χ0v) is 14.4. The highest BCUT2D eigenvalue weighted by molar-refractivity contribution is 9.10. The molecule has 0 aliphatic carbocycles. The van der Waals surface area contributed by atoms with Crippen molar-refractivity contribution in [3.8, 4) is 5.75 Å². The summed E-state index contributed by atoms with van der Waals surface area (Å²) < 4.78 is 6.50. The lowest BCUT2D eigenvalue weighted by Gasteiger charge is -2.08. The molecule has 0 unspecified atom stereocenters. The fraction of sp³-hybridized carbons (Fsp3) is 0.278. The second-order valence-electron chi connectivity index (χ2n) is 5.52. The molecule has 0 radical (unpaired) electrons. The molecule has 0 saturated heterocycles. The number of nitrogens with one attached hydrogen (secondary N) is 2. The van der Waals surface area contributed by atoms with Gasteiger partial charge in [-0.1, -0.05) is 28.1 Å². The van der Waals surface area contributed by atoms with Crippen LogP contribution < -0.4 is 15.4 Å². The average molecular weight is 375 g/mol. The molecule has 2 aromatic carbocycles. The fourth-order valence-electron chi connectivity index (χ4n) is 2.54. The summed E-state index contributed by atoms with van der Waals surface area (Å²) in [6, 6.07) is 13.8.